The zero-order chi connectivity index (χ0) is 21.2. The van der Waals surface area contributed by atoms with Gasteiger partial charge in [0.1, 0.15) is 6.34 Å². The molecule has 0 aliphatic rings. The molecule has 1 aromatic carbocycles. The molecule has 0 bridgehead atoms. The van der Waals surface area contributed by atoms with E-state index in [9.17, 15) is 14.4 Å². The van der Waals surface area contributed by atoms with E-state index < -0.39 is 17.8 Å². The lowest BCUT2D eigenvalue weighted by Gasteiger charge is -2.11. The Morgan fingerprint density at radius 3 is 2.76 bits per heavy atom. The summed E-state index contributed by atoms with van der Waals surface area (Å²) >= 11 is 0. The van der Waals surface area contributed by atoms with Crippen molar-refractivity contribution in [1.29, 1.82) is 0 Å². The van der Waals surface area contributed by atoms with E-state index >= 15 is 0 Å². The van der Waals surface area contributed by atoms with E-state index in [1.807, 2.05) is 0 Å². The van der Waals surface area contributed by atoms with Crippen molar-refractivity contribution in [3.05, 3.63) is 53.3 Å². The van der Waals surface area contributed by atoms with Crippen LogP contribution in [0.3, 0.4) is 0 Å². The van der Waals surface area contributed by atoms with Gasteiger partial charge in [-0.2, -0.15) is 5.10 Å². The number of nitrogens with two attached hydrogens (primary N) is 1. The van der Waals surface area contributed by atoms with Crippen molar-refractivity contribution in [3.8, 4) is 0 Å². The number of nitrogens with one attached hydrogen (secondary N) is 3. The molecule has 0 atom stereocenters. The second-order valence-corrected chi connectivity index (χ2v) is 6.07. The highest BCUT2D eigenvalue weighted by atomic mass is 16.4. The SMILES string of the molecule is Cc1ccc(NC(=O)CNC(=O)c2cccc(NC=NN)c2)c(CCC(=O)O)n1. The molecule has 10 nitrogen and oxygen atoms in total. The van der Waals surface area contributed by atoms with Crippen LogP contribution in [0.2, 0.25) is 0 Å². The molecular formula is C19H22N6O4. The van der Waals surface area contributed by atoms with Crippen molar-refractivity contribution >= 4 is 35.5 Å². The number of amides is 2. The summed E-state index contributed by atoms with van der Waals surface area (Å²) in [6.45, 7) is 1.52. The summed E-state index contributed by atoms with van der Waals surface area (Å²) in [7, 11) is 0. The Kier molecular flexibility index (Phi) is 7.66. The van der Waals surface area contributed by atoms with Crippen molar-refractivity contribution < 1.29 is 19.5 Å². The number of benzene rings is 1. The topological polar surface area (TPSA) is 159 Å². The Hall–Kier alpha value is -3.95. The number of anilines is 2. The lowest BCUT2D eigenvalue weighted by molar-refractivity contribution is -0.137. The van der Waals surface area contributed by atoms with Gasteiger partial charge in [0.15, 0.2) is 0 Å². The summed E-state index contributed by atoms with van der Waals surface area (Å²) in [5, 5.41) is 20.1. The molecular weight excluding hydrogens is 376 g/mol. The van der Waals surface area contributed by atoms with Crippen LogP contribution in [-0.4, -0.2) is 40.8 Å². The molecule has 0 spiro atoms. The Morgan fingerprint density at radius 1 is 1.24 bits per heavy atom. The van der Waals surface area contributed by atoms with Gasteiger partial charge in [0.25, 0.3) is 5.91 Å². The summed E-state index contributed by atoms with van der Waals surface area (Å²) < 4.78 is 0. The van der Waals surface area contributed by atoms with Gasteiger partial charge in [0.05, 0.1) is 24.3 Å². The van der Waals surface area contributed by atoms with Gasteiger partial charge in [-0.1, -0.05) is 6.07 Å². The van der Waals surface area contributed by atoms with Crippen LogP contribution < -0.4 is 21.8 Å². The largest absolute Gasteiger partial charge is 0.481 e. The minimum atomic E-state index is -0.952. The van der Waals surface area contributed by atoms with Crippen LogP contribution in [0.25, 0.3) is 0 Å². The molecule has 1 aromatic heterocycles. The maximum Gasteiger partial charge on any atom is 0.303 e. The van der Waals surface area contributed by atoms with Crippen LogP contribution >= 0.6 is 0 Å². The summed E-state index contributed by atoms with van der Waals surface area (Å²) in [5.41, 5.74) is 2.58. The number of carboxylic acids is 1. The Bertz CT molecular complexity index is 929. The number of hydrogen-bond acceptors (Lipinski definition) is 6. The first-order valence-electron chi connectivity index (χ1n) is 8.73. The minimum Gasteiger partial charge on any atom is -0.481 e. The lowest BCUT2D eigenvalue weighted by Crippen LogP contribution is -2.33. The van der Waals surface area contributed by atoms with Gasteiger partial charge in [-0.3, -0.25) is 19.4 Å². The lowest BCUT2D eigenvalue weighted by atomic mass is 10.1. The van der Waals surface area contributed by atoms with E-state index in [2.05, 4.69) is 26.0 Å². The molecule has 0 aliphatic carbocycles. The predicted molar refractivity (Wildman–Crippen MR) is 109 cm³/mol. The van der Waals surface area contributed by atoms with Crippen molar-refractivity contribution in [2.24, 2.45) is 10.9 Å². The van der Waals surface area contributed by atoms with Crippen molar-refractivity contribution in [2.75, 3.05) is 17.2 Å². The molecule has 2 aromatic rings. The summed E-state index contributed by atoms with van der Waals surface area (Å²) in [6, 6.07) is 9.96. The van der Waals surface area contributed by atoms with Gasteiger partial charge in [0.2, 0.25) is 5.91 Å². The first-order valence-corrected chi connectivity index (χ1v) is 8.73. The average Bonchev–Trinajstić information content (AvgIpc) is 2.70. The number of rotatable bonds is 9. The van der Waals surface area contributed by atoms with Gasteiger partial charge < -0.3 is 26.9 Å². The molecule has 0 unspecified atom stereocenters. The van der Waals surface area contributed by atoms with Crippen LogP contribution in [0, 0.1) is 6.92 Å². The van der Waals surface area contributed by atoms with Gasteiger partial charge in [-0.25, -0.2) is 0 Å². The molecule has 0 saturated heterocycles. The fraction of sp³-hybridized carbons (Fsp3) is 0.211. The quantitative estimate of drug-likeness (QED) is 0.183. The number of aliphatic carboxylic acids is 1. The van der Waals surface area contributed by atoms with Crippen LogP contribution in [0.15, 0.2) is 41.5 Å². The number of hydrazone groups is 1. The summed E-state index contributed by atoms with van der Waals surface area (Å²) in [5.74, 6) is 3.19. The molecule has 29 heavy (non-hydrogen) atoms. The highest BCUT2D eigenvalue weighted by molar-refractivity contribution is 6.00. The Morgan fingerprint density at radius 2 is 2.03 bits per heavy atom. The number of carbonyl (C=O) groups excluding carboxylic acids is 2. The van der Waals surface area contributed by atoms with E-state index in [-0.39, 0.29) is 19.4 Å². The first kappa shape index (κ1) is 21.4. The Labute approximate surface area is 167 Å². The van der Waals surface area contributed by atoms with Gasteiger partial charge >= 0.3 is 5.97 Å². The molecule has 152 valence electrons. The monoisotopic (exact) mass is 398 g/mol. The zero-order valence-electron chi connectivity index (χ0n) is 15.8. The summed E-state index contributed by atoms with van der Waals surface area (Å²) in [4.78, 5) is 39.6. The molecule has 6 N–H and O–H groups in total. The zero-order valence-corrected chi connectivity index (χ0v) is 15.8. The van der Waals surface area contributed by atoms with E-state index in [1.165, 1.54) is 6.34 Å². The van der Waals surface area contributed by atoms with Gasteiger partial charge in [-0.05, 0) is 37.3 Å². The van der Waals surface area contributed by atoms with Crippen LogP contribution in [0.4, 0.5) is 11.4 Å². The van der Waals surface area contributed by atoms with Crippen molar-refractivity contribution in [3.63, 3.8) is 0 Å². The maximum absolute atomic E-state index is 12.3. The number of aromatic nitrogens is 1. The highest BCUT2D eigenvalue weighted by Crippen LogP contribution is 2.16. The third-order valence-corrected chi connectivity index (χ3v) is 3.80. The standard InChI is InChI=1S/C19H22N6O4/c1-12-5-6-16(15(24-12)7-8-18(27)28)25-17(26)10-21-19(29)13-3-2-4-14(9-13)22-11-23-20/h2-6,9,11H,7-8,10,20H2,1H3,(H,21,29)(H,22,23)(H,25,26)(H,27,28). The van der Waals surface area contributed by atoms with Gasteiger partial charge in [0, 0.05) is 23.4 Å². The Balaban J connectivity index is 1.96. The molecule has 0 fully saturated rings. The van der Waals surface area contributed by atoms with E-state index in [0.717, 1.165) is 0 Å². The second-order valence-electron chi connectivity index (χ2n) is 6.07. The number of carboxylic acid groups (broad SMARTS) is 1. The molecule has 0 radical (unpaired) electrons. The first-order chi connectivity index (χ1) is 13.9. The van der Waals surface area contributed by atoms with Gasteiger partial charge in [-0.15, -0.1) is 0 Å². The molecule has 2 rings (SSSR count). The maximum atomic E-state index is 12.3. The predicted octanol–water partition coefficient (Wildman–Crippen LogP) is 1.09. The fourth-order valence-corrected chi connectivity index (χ4v) is 2.46. The van der Waals surface area contributed by atoms with E-state index in [0.29, 0.717) is 28.3 Å². The van der Waals surface area contributed by atoms with Crippen LogP contribution in [0.5, 0.6) is 0 Å². The van der Waals surface area contributed by atoms with Crippen molar-refractivity contribution in [2.45, 2.75) is 19.8 Å². The smallest absolute Gasteiger partial charge is 0.303 e. The summed E-state index contributed by atoms with van der Waals surface area (Å²) in [6.07, 6.45) is 1.36. The molecule has 0 aliphatic heterocycles. The number of nitrogens with zero attached hydrogens (tertiary/aromatic N) is 2. The van der Waals surface area contributed by atoms with E-state index in [4.69, 9.17) is 10.9 Å². The number of carbonyl (C=O) groups is 3. The molecule has 2 amide bonds. The fourth-order valence-electron chi connectivity index (χ4n) is 2.46. The van der Waals surface area contributed by atoms with E-state index in [1.54, 1.807) is 43.3 Å². The number of aryl methyl sites for hydroxylation is 2. The molecule has 10 heteroatoms. The molecule has 0 saturated carbocycles. The van der Waals surface area contributed by atoms with Crippen LogP contribution in [-0.2, 0) is 16.0 Å². The normalized spacial score (nSPS) is 10.5. The van der Waals surface area contributed by atoms with Crippen molar-refractivity contribution in [1.82, 2.24) is 10.3 Å². The molecule has 1 heterocycles. The number of hydrogen-bond donors (Lipinski definition) is 5. The third-order valence-electron chi connectivity index (χ3n) is 3.80. The second kappa shape index (κ2) is 10.4. The number of pyridine rings is 1. The highest BCUT2D eigenvalue weighted by Gasteiger charge is 2.12. The average molecular weight is 398 g/mol. The minimum absolute atomic E-state index is 0.102. The van der Waals surface area contributed by atoms with Crippen LogP contribution in [0.1, 0.15) is 28.2 Å². The third kappa shape index (κ3) is 6.94.